The number of carbonyl (C=O) groups is 1. The number of halogens is 1. The zero-order valence-corrected chi connectivity index (χ0v) is 19.7. The number of benzene rings is 4. The maximum Gasteiger partial charge on any atom is 0.266 e. The maximum absolute atomic E-state index is 12.8. The van der Waals surface area contributed by atoms with Crippen LogP contribution >= 0.6 is 11.6 Å². The van der Waals surface area contributed by atoms with Crippen molar-refractivity contribution < 1.29 is 9.53 Å². The average Bonchev–Trinajstić information content (AvgIpc) is 2.85. The summed E-state index contributed by atoms with van der Waals surface area (Å²) in [5, 5.41) is 15.3. The molecule has 0 atom stereocenters. The molecule has 168 valence electrons. The summed E-state index contributed by atoms with van der Waals surface area (Å²) < 4.78 is 6.19. The van der Waals surface area contributed by atoms with Crippen LogP contribution in [0.3, 0.4) is 0 Å². The van der Waals surface area contributed by atoms with Crippen LogP contribution in [-0.4, -0.2) is 5.91 Å². The van der Waals surface area contributed by atoms with E-state index in [1.165, 1.54) is 0 Å². The minimum atomic E-state index is -0.507. The molecule has 34 heavy (non-hydrogen) atoms. The second kappa shape index (κ2) is 10.2. The topological polar surface area (TPSA) is 62.1 Å². The third kappa shape index (κ3) is 4.96. The van der Waals surface area contributed by atoms with Crippen LogP contribution in [-0.2, 0) is 11.4 Å². The van der Waals surface area contributed by atoms with Gasteiger partial charge in [-0.25, -0.2) is 0 Å². The van der Waals surface area contributed by atoms with E-state index in [0.717, 1.165) is 27.5 Å². The first-order chi connectivity index (χ1) is 16.5. The molecule has 4 rings (SSSR count). The molecule has 1 amide bonds. The Morgan fingerprint density at radius 1 is 1.00 bits per heavy atom. The van der Waals surface area contributed by atoms with E-state index in [-0.39, 0.29) is 5.57 Å². The molecule has 0 unspecified atom stereocenters. The standard InChI is InChI=1S/C29H23ClN2O2/c1-19-14-15-21-8-3-5-10-24(21)25(19)18-34-28-13-6-4-9-22(28)16-23(17-31)29(33)32-27-12-7-11-26(30)20(27)2/h3-16H,18H2,1-2H3,(H,32,33)/b23-16+. The number of amides is 1. The maximum atomic E-state index is 12.8. The Hall–Kier alpha value is -4.07. The van der Waals surface area contributed by atoms with Gasteiger partial charge in [-0.2, -0.15) is 5.26 Å². The SMILES string of the molecule is Cc1ccc2ccccc2c1COc1ccccc1/C=C(\C#N)C(=O)Nc1cccc(Cl)c1C. The number of aryl methyl sites for hydroxylation is 1. The van der Waals surface area contributed by atoms with Crippen molar-refractivity contribution in [3.05, 3.63) is 112 Å². The third-order valence-corrected chi connectivity index (χ3v) is 6.16. The zero-order chi connectivity index (χ0) is 24.1. The van der Waals surface area contributed by atoms with E-state index < -0.39 is 5.91 Å². The number of anilines is 1. The molecule has 0 fully saturated rings. The minimum absolute atomic E-state index is 0.0308. The van der Waals surface area contributed by atoms with Crippen molar-refractivity contribution in [3.8, 4) is 11.8 Å². The van der Waals surface area contributed by atoms with Gasteiger partial charge in [-0.1, -0.05) is 72.3 Å². The van der Waals surface area contributed by atoms with Gasteiger partial charge in [-0.15, -0.1) is 0 Å². The molecule has 0 radical (unpaired) electrons. The Balaban J connectivity index is 1.59. The molecule has 0 saturated carbocycles. The minimum Gasteiger partial charge on any atom is -0.488 e. The van der Waals surface area contributed by atoms with Crippen LogP contribution < -0.4 is 10.1 Å². The molecule has 0 heterocycles. The molecular formula is C29H23ClN2O2. The van der Waals surface area contributed by atoms with Crippen molar-refractivity contribution in [1.29, 1.82) is 5.26 Å². The lowest BCUT2D eigenvalue weighted by Gasteiger charge is -2.14. The highest BCUT2D eigenvalue weighted by molar-refractivity contribution is 6.31. The Morgan fingerprint density at radius 2 is 1.76 bits per heavy atom. The van der Waals surface area contributed by atoms with Crippen molar-refractivity contribution in [2.24, 2.45) is 0 Å². The van der Waals surface area contributed by atoms with E-state index >= 15 is 0 Å². The Morgan fingerprint density at radius 3 is 2.59 bits per heavy atom. The fourth-order valence-corrected chi connectivity index (χ4v) is 3.93. The summed E-state index contributed by atoms with van der Waals surface area (Å²) in [7, 11) is 0. The second-order valence-corrected chi connectivity index (χ2v) is 8.35. The number of fused-ring (bicyclic) bond motifs is 1. The molecule has 4 aromatic rings. The van der Waals surface area contributed by atoms with Crippen LogP contribution in [0.4, 0.5) is 5.69 Å². The van der Waals surface area contributed by atoms with E-state index in [0.29, 0.717) is 28.6 Å². The van der Waals surface area contributed by atoms with Crippen LogP contribution in [0.2, 0.25) is 5.02 Å². The quantitative estimate of drug-likeness (QED) is 0.241. The summed E-state index contributed by atoms with van der Waals surface area (Å²) in [6.45, 7) is 4.24. The largest absolute Gasteiger partial charge is 0.488 e. The van der Waals surface area contributed by atoms with Crippen LogP contribution in [0.1, 0.15) is 22.3 Å². The summed E-state index contributed by atoms with van der Waals surface area (Å²) in [6, 6.07) is 27.0. The highest BCUT2D eigenvalue weighted by atomic mass is 35.5. The molecule has 0 spiro atoms. The lowest BCUT2D eigenvalue weighted by atomic mass is 10.0. The second-order valence-electron chi connectivity index (χ2n) is 7.94. The lowest BCUT2D eigenvalue weighted by Crippen LogP contribution is -2.14. The Bertz CT molecular complexity index is 1450. The first-order valence-electron chi connectivity index (χ1n) is 10.8. The number of nitrogens with zero attached hydrogens (tertiary/aromatic N) is 1. The first-order valence-corrected chi connectivity index (χ1v) is 11.2. The molecule has 4 nitrogen and oxygen atoms in total. The molecule has 0 aliphatic carbocycles. The van der Waals surface area contributed by atoms with Gasteiger partial charge in [0.1, 0.15) is 24.0 Å². The zero-order valence-electron chi connectivity index (χ0n) is 18.9. The monoisotopic (exact) mass is 466 g/mol. The van der Waals surface area contributed by atoms with Gasteiger partial charge in [0, 0.05) is 21.8 Å². The van der Waals surface area contributed by atoms with Crippen LogP contribution in [0.15, 0.2) is 84.4 Å². The normalized spacial score (nSPS) is 11.2. The van der Waals surface area contributed by atoms with Gasteiger partial charge in [0.2, 0.25) is 0 Å². The fourth-order valence-electron chi connectivity index (χ4n) is 3.75. The summed E-state index contributed by atoms with van der Waals surface area (Å²) >= 11 is 6.15. The number of ether oxygens (including phenoxy) is 1. The number of nitriles is 1. The van der Waals surface area contributed by atoms with E-state index in [1.54, 1.807) is 24.3 Å². The molecule has 5 heteroatoms. The number of hydrogen-bond donors (Lipinski definition) is 1. The predicted octanol–water partition coefficient (Wildman–Crippen LogP) is 7.23. The number of nitrogens with one attached hydrogen (secondary N) is 1. The molecule has 1 N–H and O–H groups in total. The van der Waals surface area contributed by atoms with Crippen molar-refractivity contribution in [3.63, 3.8) is 0 Å². The highest BCUT2D eigenvalue weighted by Crippen LogP contribution is 2.27. The van der Waals surface area contributed by atoms with Gasteiger partial charge in [0.25, 0.3) is 5.91 Å². The first kappa shape index (κ1) is 23.1. The van der Waals surface area contributed by atoms with Crippen LogP contribution in [0, 0.1) is 25.2 Å². The predicted molar refractivity (Wildman–Crippen MR) is 138 cm³/mol. The number of hydrogen-bond acceptors (Lipinski definition) is 3. The van der Waals surface area contributed by atoms with Crippen LogP contribution in [0.25, 0.3) is 16.8 Å². The van der Waals surface area contributed by atoms with E-state index in [2.05, 4.69) is 36.5 Å². The number of carbonyl (C=O) groups excluding carboxylic acids is 1. The Kier molecular flexibility index (Phi) is 6.96. The van der Waals surface area contributed by atoms with Gasteiger partial charge in [0.15, 0.2) is 0 Å². The molecular weight excluding hydrogens is 444 g/mol. The van der Waals surface area contributed by atoms with Crippen molar-refractivity contribution >= 4 is 40.0 Å². The van der Waals surface area contributed by atoms with Gasteiger partial charge in [-0.05, 0) is 60.0 Å². The molecule has 0 saturated heterocycles. The van der Waals surface area contributed by atoms with Gasteiger partial charge in [0.05, 0.1) is 0 Å². The highest BCUT2D eigenvalue weighted by Gasteiger charge is 2.14. The summed E-state index contributed by atoms with van der Waals surface area (Å²) in [6.07, 6.45) is 1.54. The molecule has 0 aliphatic rings. The molecule has 0 bridgehead atoms. The summed E-state index contributed by atoms with van der Waals surface area (Å²) in [5.74, 6) is 0.0851. The fraction of sp³-hybridized carbons (Fsp3) is 0.103. The van der Waals surface area contributed by atoms with Gasteiger partial charge < -0.3 is 10.1 Å². The molecule has 0 aromatic heterocycles. The van der Waals surface area contributed by atoms with Crippen molar-refractivity contribution in [2.75, 3.05) is 5.32 Å². The van der Waals surface area contributed by atoms with Crippen molar-refractivity contribution in [2.45, 2.75) is 20.5 Å². The lowest BCUT2D eigenvalue weighted by molar-refractivity contribution is -0.112. The van der Waals surface area contributed by atoms with Gasteiger partial charge >= 0.3 is 0 Å². The van der Waals surface area contributed by atoms with E-state index in [9.17, 15) is 10.1 Å². The van der Waals surface area contributed by atoms with E-state index in [4.69, 9.17) is 16.3 Å². The molecule has 4 aromatic carbocycles. The number of para-hydroxylation sites is 1. The average molecular weight is 467 g/mol. The van der Waals surface area contributed by atoms with E-state index in [1.807, 2.05) is 49.4 Å². The summed E-state index contributed by atoms with van der Waals surface area (Å²) in [4.78, 5) is 12.8. The van der Waals surface area contributed by atoms with Crippen molar-refractivity contribution in [1.82, 2.24) is 0 Å². The van der Waals surface area contributed by atoms with Crippen LogP contribution in [0.5, 0.6) is 5.75 Å². The Labute approximate surface area is 204 Å². The molecule has 0 aliphatic heterocycles. The number of rotatable bonds is 6. The van der Waals surface area contributed by atoms with Gasteiger partial charge in [-0.3, -0.25) is 4.79 Å². The smallest absolute Gasteiger partial charge is 0.266 e. The summed E-state index contributed by atoms with van der Waals surface area (Å²) in [5.41, 5.74) is 4.16. The third-order valence-electron chi connectivity index (χ3n) is 5.75.